The molecule has 5 heteroatoms. The molecule has 1 amide bonds. The van der Waals surface area contributed by atoms with E-state index in [4.69, 9.17) is 4.74 Å². The summed E-state index contributed by atoms with van der Waals surface area (Å²) in [6, 6.07) is 19.6. The van der Waals surface area contributed by atoms with Crippen LogP contribution in [0.3, 0.4) is 0 Å². The minimum absolute atomic E-state index is 0.0703. The highest BCUT2D eigenvalue weighted by atomic mass is 16.5. The monoisotopic (exact) mass is 388 g/mol. The summed E-state index contributed by atoms with van der Waals surface area (Å²) in [5.74, 6) is 0.765. The molecule has 0 saturated carbocycles. The maximum Gasteiger partial charge on any atom is 0.270 e. The van der Waals surface area contributed by atoms with Crippen LogP contribution in [0.15, 0.2) is 60.7 Å². The van der Waals surface area contributed by atoms with Gasteiger partial charge in [-0.15, -0.1) is 0 Å². The third-order valence-corrected chi connectivity index (χ3v) is 6.35. The second-order valence-electron chi connectivity index (χ2n) is 8.40. The lowest BCUT2D eigenvalue weighted by molar-refractivity contribution is -0.887. The van der Waals surface area contributed by atoms with Crippen molar-refractivity contribution in [1.29, 1.82) is 0 Å². The van der Waals surface area contributed by atoms with Crippen LogP contribution in [0, 0.1) is 0 Å². The van der Waals surface area contributed by atoms with Gasteiger partial charge in [0.1, 0.15) is 17.0 Å². The Morgan fingerprint density at radius 2 is 1.83 bits per heavy atom. The number of quaternary nitrogens is 1. The molecular formula is C24H26N3O2+. The molecule has 2 aliphatic rings. The molecule has 2 aliphatic heterocycles. The Morgan fingerprint density at radius 3 is 2.69 bits per heavy atom. The van der Waals surface area contributed by atoms with E-state index in [9.17, 15) is 4.79 Å². The molecule has 3 aromatic rings. The maximum absolute atomic E-state index is 13.1. The van der Waals surface area contributed by atoms with E-state index < -0.39 is 0 Å². The molecule has 1 saturated heterocycles. The van der Waals surface area contributed by atoms with Crippen LogP contribution in [0.4, 0.5) is 0 Å². The summed E-state index contributed by atoms with van der Waals surface area (Å²) in [5.41, 5.74) is 2.15. The number of hydrogen-bond donors (Lipinski definition) is 2. The van der Waals surface area contributed by atoms with Gasteiger partial charge in [0.25, 0.3) is 5.91 Å². The van der Waals surface area contributed by atoms with Crippen LogP contribution in [-0.2, 0) is 0 Å². The van der Waals surface area contributed by atoms with Crippen molar-refractivity contribution < 1.29 is 14.4 Å². The zero-order valence-electron chi connectivity index (χ0n) is 16.7. The molecule has 5 rings (SSSR count). The summed E-state index contributed by atoms with van der Waals surface area (Å²) in [4.78, 5) is 19.2. The predicted octanol–water partition coefficient (Wildman–Crippen LogP) is 2.54. The zero-order chi connectivity index (χ0) is 19.8. The van der Waals surface area contributed by atoms with Crippen molar-refractivity contribution >= 4 is 16.8 Å². The number of likely N-dealkylation sites (tertiary alicyclic amines) is 1. The standard InChI is InChI=1S/C24H25N3O2/c1-27-14-12-24(13-15-27)16-21(18-7-3-5-9-22(18)29-24)26-23(28)20-11-10-17-6-2-4-8-19(17)25-20/h2-11,21H,12-16H2,1H3,(H,26,28)/p+1/t21-/m0/s1. The van der Waals surface area contributed by atoms with Crippen molar-refractivity contribution in [3.8, 4) is 5.75 Å². The fourth-order valence-electron chi connectivity index (χ4n) is 4.61. The van der Waals surface area contributed by atoms with Gasteiger partial charge in [-0.2, -0.15) is 0 Å². The molecule has 1 fully saturated rings. The van der Waals surface area contributed by atoms with E-state index >= 15 is 0 Å². The number of amides is 1. The number of hydrogen-bond acceptors (Lipinski definition) is 3. The highest BCUT2D eigenvalue weighted by Gasteiger charge is 2.44. The maximum atomic E-state index is 13.1. The normalized spacial score (nSPS) is 26.0. The van der Waals surface area contributed by atoms with E-state index in [1.807, 2.05) is 48.5 Å². The number of ether oxygens (including phenoxy) is 1. The van der Waals surface area contributed by atoms with E-state index in [1.54, 1.807) is 11.0 Å². The number of fused-ring (bicyclic) bond motifs is 2. The van der Waals surface area contributed by atoms with E-state index in [-0.39, 0.29) is 17.6 Å². The first-order valence-corrected chi connectivity index (χ1v) is 10.4. The number of para-hydroxylation sites is 2. The SMILES string of the molecule is C[NH+]1CCC2(CC1)C[C@H](NC(=O)c1ccc3ccccc3n1)c1ccccc1O2. The molecule has 0 aliphatic carbocycles. The third kappa shape index (κ3) is 3.47. The van der Waals surface area contributed by atoms with Gasteiger partial charge in [-0.05, 0) is 18.2 Å². The van der Waals surface area contributed by atoms with E-state index in [0.717, 1.165) is 54.6 Å². The number of nitrogens with one attached hydrogen (secondary N) is 2. The Balaban J connectivity index is 1.43. The number of rotatable bonds is 2. The van der Waals surface area contributed by atoms with Crippen LogP contribution in [0.5, 0.6) is 5.75 Å². The molecule has 2 aromatic carbocycles. The molecule has 29 heavy (non-hydrogen) atoms. The Morgan fingerprint density at radius 1 is 1.07 bits per heavy atom. The molecule has 0 radical (unpaired) electrons. The lowest BCUT2D eigenvalue weighted by Gasteiger charge is -2.45. The van der Waals surface area contributed by atoms with Gasteiger partial charge in [0.15, 0.2) is 0 Å². The molecule has 0 bridgehead atoms. The highest BCUT2D eigenvalue weighted by Crippen LogP contribution is 2.43. The van der Waals surface area contributed by atoms with Crippen molar-refractivity contribution in [3.63, 3.8) is 0 Å². The smallest absolute Gasteiger partial charge is 0.270 e. The summed E-state index contributed by atoms with van der Waals surface area (Å²) in [6.07, 6.45) is 2.82. The molecule has 2 N–H and O–H groups in total. The molecule has 1 aromatic heterocycles. The molecule has 0 unspecified atom stereocenters. The minimum Gasteiger partial charge on any atom is -0.486 e. The zero-order valence-corrected chi connectivity index (χ0v) is 16.7. The first-order chi connectivity index (χ1) is 14.1. The molecule has 148 valence electrons. The lowest BCUT2D eigenvalue weighted by Crippen LogP contribution is -3.10. The molecule has 3 heterocycles. The van der Waals surface area contributed by atoms with Crippen molar-refractivity contribution in [2.24, 2.45) is 0 Å². The van der Waals surface area contributed by atoms with Crippen LogP contribution in [0.2, 0.25) is 0 Å². The third-order valence-electron chi connectivity index (χ3n) is 6.35. The van der Waals surface area contributed by atoms with Crippen molar-refractivity contribution in [2.45, 2.75) is 30.9 Å². The summed E-state index contributed by atoms with van der Waals surface area (Å²) in [6.45, 7) is 2.18. The largest absolute Gasteiger partial charge is 0.486 e. The second kappa shape index (κ2) is 7.16. The lowest BCUT2D eigenvalue weighted by atomic mass is 9.80. The summed E-state index contributed by atoms with van der Waals surface area (Å²) in [7, 11) is 2.23. The summed E-state index contributed by atoms with van der Waals surface area (Å²) in [5, 5.41) is 4.29. The quantitative estimate of drug-likeness (QED) is 0.709. The molecule has 1 spiro atoms. The Kier molecular flexibility index (Phi) is 4.47. The van der Waals surface area contributed by atoms with Crippen molar-refractivity contribution in [1.82, 2.24) is 10.3 Å². The average Bonchev–Trinajstić information content (AvgIpc) is 2.75. The Labute approximate surface area is 170 Å². The van der Waals surface area contributed by atoms with E-state index in [1.165, 1.54) is 0 Å². The van der Waals surface area contributed by atoms with Gasteiger partial charge < -0.3 is 15.0 Å². The number of piperidine rings is 1. The van der Waals surface area contributed by atoms with Crippen molar-refractivity contribution in [2.75, 3.05) is 20.1 Å². The predicted molar refractivity (Wildman–Crippen MR) is 112 cm³/mol. The number of carbonyl (C=O) groups excluding carboxylic acids is 1. The first kappa shape index (κ1) is 18.1. The summed E-state index contributed by atoms with van der Waals surface area (Å²) >= 11 is 0. The van der Waals surface area contributed by atoms with Crippen molar-refractivity contribution in [3.05, 3.63) is 71.9 Å². The van der Waals surface area contributed by atoms with Gasteiger partial charge in [0.05, 0.1) is 31.7 Å². The first-order valence-electron chi connectivity index (χ1n) is 10.4. The van der Waals surface area contributed by atoms with E-state index in [2.05, 4.69) is 23.4 Å². The van der Waals surface area contributed by atoms with Gasteiger partial charge in [0.2, 0.25) is 0 Å². The highest BCUT2D eigenvalue weighted by molar-refractivity contribution is 5.95. The van der Waals surface area contributed by atoms with Gasteiger partial charge >= 0.3 is 0 Å². The van der Waals surface area contributed by atoms with Crippen LogP contribution in [0.1, 0.15) is 41.4 Å². The number of benzene rings is 2. The summed E-state index contributed by atoms with van der Waals surface area (Å²) < 4.78 is 6.50. The van der Waals surface area contributed by atoms with Crippen LogP contribution in [0.25, 0.3) is 10.9 Å². The number of aromatic nitrogens is 1. The van der Waals surface area contributed by atoms with Gasteiger partial charge in [-0.1, -0.05) is 42.5 Å². The van der Waals surface area contributed by atoms with Gasteiger partial charge in [-0.3, -0.25) is 4.79 Å². The molecule has 5 nitrogen and oxygen atoms in total. The van der Waals surface area contributed by atoms with Crippen LogP contribution >= 0.6 is 0 Å². The topological polar surface area (TPSA) is 55.7 Å². The fourth-order valence-corrected chi connectivity index (χ4v) is 4.61. The molecule has 1 atom stereocenters. The second-order valence-corrected chi connectivity index (χ2v) is 8.40. The van der Waals surface area contributed by atoms with Crippen LogP contribution in [-0.4, -0.2) is 36.6 Å². The average molecular weight is 388 g/mol. The number of nitrogens with zero attached hydrogens (tertiary/aromatic N) is 1. The van der Waals surface area contributed by atoms with Gasteiger partial charge in [0, 0.05) is 30.2 Å². The minimum atomic E-state index is -0.192. The van der Waals surface area contributed by atoms with Gasteiger partial charge in [-0.25, -0.2) is 4.98 Å². The van der Waals surface area contributed by atoms with E-state index in [0.29, 0.717) is 5.69 Å². The Hall–Kier alpha value is -2.92. The fraction of sp³-hybridized carbons (Fsp3) is 0.333. The molecular weight excluding hydrogens is 362 g/mol. The number of carbonyl (C=O) groups is 1. The number of pyridine rings is 1. The Bertz CT molecular complexity index is 1060. The van der Waals surface area contributed by atoms with Crippen LogP contribution < -0.4 is 15.0 Å².